The third-order valence-electron chi connectivity index (χ3n) is 8.33. The first-order valence-corrected chi connectivity index (χ1v) is 91.1. The molecule has 0 N–H and O–H groups in total. The van der Waals surface area contributed by atoms with Gasteiger partial charge in [-0.25, -0.2) is 0 Å². The van der Waals surface area contributed by atoms with Gasteiger partial charge in [-0.3, -0.25) is 0 Å². The van der Waals surface area contributed by atoms with E-state index in [0.717, 1.165) is 19.0 Å². The number of rotatable bonds is 34. The van der Waals surface area contributed by atoms with E-state index in [1.165, 1.54) is 32.5 Å². The van der Waals surface area contributed by atoms with Crippen LogP contribution in [-0.2, 0) is 120 Å². The molecular weight excluding hydrogens is 1590 g/mol. The van der Waals surface area contributed by atoms with Crippen LogP contribution in [0.2, 0.25) is 71.5 Å². The highest BCUT2D eigenvalue weighted by atomic mass is 30.1. The lowest BCUT2D eigenvalue weighted by Crippen LogP contribution is -2.57. The summed E-state index contributed by atoms with van der Waals surface area (Å²) in [6.07, 6.45) is 3.69. The molecule has 0 aromatic carbocycles. The summed E-state index contributed by atoms with van der Waals surface area (Å²) in [6.45, 7) is 29.8. The van der Waals surface area contributed by atoms with Crippen molar-refractivity contribution in [1.82, 2.24) is 0 Å². The monoisotopic (exact) mass is 1690 g/mol. The Balaban J connectivity index is -0.0000000787. The minimum Gasteiger partial charge on any atom is -0.578 e. The van der Waals surface area contributed by atoms with Crippen molar-refractivity contribution < 1.29 is 120 Å². The standard InChI is InChI=1S/C9H22O3Si.C6H18O16Si17.C4H12O8Si9.C4H10.10CH4/c1-5-9-13(10-6-2,11-7-3)12-8-4;1-38(2,3)22-23(7)24(8)25(9)26(10)27(11)28(12)29(13)30(14)31(15)32(16)33(17)34(18)35(19)36(20)37(21)39(4,5)6;1-13(5)14(6)15(7)16(8)17(9)18(10)19(11)20(12)21(2,3)4;1-3-4-2;;;;;;;;;;/h5-9H2,1-4H3;1-6H3;1-4H3;3-4H2,1-2H3;10*1H4. The van der Waals surface area contributed by atoms with Gasteiger partial charge in [0.05, 0.1) is 0 Å². The molecule has 54 heteroatoms. The third kappa shape index (κ3) is 44.3. The Labute approximate surface area is 552 Å². The fourth-order valence-electron chi connectivity index (χ4n) is 4.32. The van der Waals surface area contributed by atoms with E-state index < -0.39 is 211 Å². The zero-order chi connectivity index (χ0) is 62.1. The second-order valence-corrected chi connectivity index (χ2v) is 152. The van der Waals surface area contributed by atoms with E-state index in [-0.39, 0.29) is 74.3 Å². The predicted octanol–water partition coefficient (Wildman–Crippen LogP) is 3.75. The summed E-state index contributed by atoms with van der Waals surface area (Å²) >= 11 is 0. The third-order valence-corrected chi connectivity index (χ3v) is 201. The van der Waals surface area contributed by atoms with Crippen molar-refractivity contribution in [3.05, 3.63) is 0 Å². The van der Waals surface area contributed by atoms with Crippen molar-refractivity contribution in [2.75, 3.05) is 19.8 Å². The van der Waals surface area contributed by atoms with Crippen molar-refractivity contribution in [1.29, 1.82) is 0 Å². The average Bonchev–Trinajstić information content (AvgIpc) is 3.35. The summed E-state index contributed by atoms with van der Waals surface area (Å²) in [6, 6.07) is 0.919. The second kappa shape index (κ2) is 58.3. The first kappa shape index (κ1) is 122. The Morgan fingerprint density at radius 1 is 0.264 bits per heavy atom. The van der Waals surface area contributed by atoms with Crippen LogP contribution in [0.1, 0.15) is 135 Å². The van der Waals surface area contributed by atoms with Crippen LogP contribution in [-0.4, -0.2) is 231 Å². The van der Waals surface area contributed by atoms with Gasteiger partial charge >= 0.3 is 188 Å². The molecule has 0 radical (unpaired) electrons. The van der Waals surface area contributed by atoms with Crippen LogP contribution in [0.4, 0.5) is 0 Å². The van der Waals surface area contributed by atoms with Crippen LogP contribution >= 0.6 is 0 Å². The zero-order valence-electron chi connectivity index (χ0n) is 45.5. The SMILES string of the molecule is C.C.C.C.C.C.C.C.C.C.CCCC.CCC[Si](OCC)(OCC)OCC.C[Si](=O)[Si](=O)[Si](=O)[Si](=O)[Si](=O)[Si](=O)[Si](=O)[Si](=O)[Si](C)(C)C.C[Si](C)(C)O[Si](=O)[Si](=O)[Si](=O)[Si](=O)[Si](=O)[Si](=O)[Si](=O)[Si](=O)[Si](=O)[Si](=O)[Si](=O)[Si](=O)[Si](=O)[Si](=O)[Si](=O)[Si](C)(C)C. The molecule has 0 heterocycles. The zero-order valence-corrected chi connectivity index (χ0v) is 72.5. The molecule has 0 aliphatic rings. The van der Waals surface area contributed by atoms with Crippen LogP contribution in [0.5, 0.6) is 0 Å². The Hall–Kier alpha value is 0.936. The van der Waals surface area contributed by atoms with E-state index in [2.05, 4.69) is 20.8 Å². The molecule has 0 aromatic heterocycles. The lowest BCUT2D eigenvalue weighted by molar-refractivity contribution is 0.0711. The molecule has 0 amide bonds. The summed E-state index contributed by atoms with van der Waals surface area (Å²) in [7, 11) is -93.1. The van der Waals surface area contributed by atoms with E-state index in [0.29, 0.717) is 19.8 Å². The molecule has 0 atom stereocenters. The molecule has 87 heavy (non-hydrogen) atoms. The second-order valence-electron chi connectivity index (χ2n) is 18.2. The molecule has 27 nitrogen and oxygen atoms in total. The lowest BCUT2D eigenvalue weighted by atomic mass is 10.4. The molecule has 0 unspecified atom stereocenters. The van der Waals surface area contributed by atoms with Crippen LogP contribution in [0.3, 0.4) is 0 Å². The quantitative estimate of drug-likeness (QED) is 0.0828. The van der Waals surface area contributed by atoms with Gasteiger partial charge in [-0.05, 0) is 47.0 Å². The van der Waals surface area contributed by atoms with Crippen molar-refractivity contribution >= 4 is 211 Å². The first-order valence-electron chi connectivity index (χ1n) is 22.9. The highest BCUT2D eigenvalue weighted by Gasteiger charge is 2.56. The van der Waals surface area contributed by atoms with Gasteiger partial charge < -0.3 is 120 Å². The maximum Gasteiger partial charge on any atom is 0.532 e. The Morgan fingerprint density at radius 3 is 0.598 bits per heavy atom. The van der Waals surface area contributed by atoms with E-state index in [1.54, 1.807) is 39.3 Å². The van der Waals surface area contributed by atoms with Crippen LogP contribution in [0.25, 0.3) is 0 Å². The summed E-state index contributed by atoms with van der Waals surface area (Å²) in [5.74, 6) is 0. The van der Waals surface area contributed by atoms with Gasteiger partial charge in [0.2, 0.25) is 8.32 Å². The smallest absolute Gasteiger partial charge is 0.532 e. The Morgan fingerprint density at radius 2 is 0.448 bits per heavy atom. The molecule has 0 rings (SSSR count). The summed E-state index contributed by atoms with van der Waals surface area (Å²) in [4.78, 5) is 0. The van der Waals surface area contributed by atoms with Gasteiger partial charge in [0.25, 0.3) is 0 Å². The minimum atomic E-state index is -4.20. The Kier molecular flexibility index (Phi) is 81.5. The van der Waals surface area contributed by atoms with Crippen LogP contribution < -0.4 is 0 Å². The van der Waals surface area contributed by atoms with Gasteiger partial charge in [0, 0.05) is 25.9 Å². The van der Waals surface area contributed by atoms with Crippen LogP contribution in [0, 0.1) is 0 Å². The van der Waals surface area contributed by atoms with Crippen molar-refractivity contribution in [2.45, 2.75) is 207 Å². The molecule has 0 aliphatic carbocycles. The first-order chi connectivity index (χ1) is 34.9. The molecule has 0 saturated heterocycles. The molecule has 0 spiro atoms. The summed E-state index contributed by atoms with van der Waals surface area (Å²) < 4.78 is 300. The highest BCUT2D eigenvalue weighted by Crippen LogP contribution is 2.17. The van der Waals surface area contributed by atoms with E-state index >= 15 is 0 Å². The topological polar surface area (TPSA) is 430 Å². The van der Waals surface area contributed by atoms with Gasteiger partial charge in [0.1, 0.15) is 15.2 Å². The highest BCUT2D eigenvalue weighted by molar-refractivity contribution is 7.81. The van der Waals surface area contributed by atoms with Crippen LogP contribution in [0.15, 0.2) is 0 Å². The van der Waals surface area contributed by atoms with Gasteiger partial charge in [0.15, 0.2) is 0 Å². The largest absolute Gasteiger partial charge is 0.578 e. The van der Waals surface area contributed by atoms with Gasteiger partial charge in [-0.15, -0.1) is 0 Å². The lowest BCUT2D eigenvalue weighted by Gasteiger charge is -2.27. The maximum absolute atomic E-state index is 12.4. The molecule has 0 fully saturated rings. The maximum atomic E-state index is 12.4. The van der Waals surface area contributed by atoms with E-state index in [4.69, 9.17) is 17.4 Å². The van der Waals surface area contributed by atoms with E-state index in [9.17, 15) is 103 Å². The normalized spacial score (nSPS) is 9.52. The van der Waals surface area contributed by atoms with Crippen molar-refractivity contribution in [3.63, 3.8) is 0 Å². The Bertz CT molecular complexity index is 2560. The molecule has 0 aliphatic heterocycles. The minimum absolute atomic E-state index is 0. The average molecular weight is 1690 g/mol. The molecule has 0 aromatic rings. The summed E-state index contributed by atoms with van der Waals surface area (Å²) in [5, 5.41) is 0. The number of hydrogen-bond acceptors (Lipinski definition) is 27. The molecule has 0 bridgehead atoms. The molecular formula is C33H102O27Si27. The van der Waals surface area contributed by atoms with Gasteiger partial charge in [-0.1, -0.05) is 154 Å². The number of hydrogen-bond donors (Lipinski definition) is 0. The fourth-order valence-corrected chi connectivity index (χ4v) is 274. The van der Waals surface area contributed by atoms with Crippen molar-refractivity contribution in [2.24, 2.45) is 0 Å². The van der Waals surface area contributed by atoms with E-state index in [1.807, 2.05) is 20.8 Å². The molecule has 504 valence electrons. The van der Waals surface area contributed by atoms with Gasteiger partial charge in [-0.2, -0.15) is 0 Å². The molecule has 0 saturated carbocycles. The number of unbranched alkanes of at least 4 members (excludes halogenated alkanes) is 1. The summed E-state index contributed by atoms with van der Waals surface area (Å²) in [5.41, 5.74) is 0. The van der Waals surface area contributed by atoms with Crippen molar-refractivity contribution in [3.8, 4) is 0 Å². The fraction of sp³-hybridized carbons (Fsp3) is 1.00. The predicted molar refractivity (Wildman–Crippen MR) is 369 cm³/mol.